The molecular weight excluding hydrogens is 861 g/mol. The van der Waals surface area contributed by atoms with Gasteiger partial charge in [-0.1, -0.05) is 24.3 Å². The normalized spacial score (nSPS) is 15.8. The summed E-state index contributed by atoms with van der Waals surface area (Å²) >= 11 is 0. The third kappa shape index (κ3) is 11.8. The minimum absolute atomic E-state index is 0.0492. The van der Waals surface area contributed by atoms with Gasteiger partial charge in [0.05, 0.1) is 37.4 Å². The highest BCUT2D eigenvalue weighted by Crippen LogP contribution is 2.31. The molecule has 8 rings (SSSR count). The minimum atomic E-state index is -2.94. The summed E-state index contributed by atoms with van der Waals surface area (Å²) in [5.74, 6) is -0.273. The number of pyridine rings is 1. The first kappa shape index (κ1) is 45.5. The van der Waals surface area contributed by atoms with Crippen molar-refractivity contribution >= 4 is 41.2 Å². The number of alkyl halides is 2. The van der Waals surface area contributed by atoms with Crippen LogP contribution < -0.4 is 21.3 Å². The van der Waals surface area contributed by atoms with E-state index in [0.29, 0.717) is 48.4 Å². The van der Waals surface area contributed by atoms with Crippen LogP contribution in [0, 0.1) is 5.92 Å². The number of unbranched alkanes of at least 4 members (excludes halogenated alkanes) is 1. The molecule has 0 radical (unpaired) electrons. The first-order chi connectivity index (χ1) is 32.1. The molecule has 5 aromatic rings. The Bertz CT molecular complexity index is 2540. The number of halogens is 2. The molecule has 2 fully saturated rings. The quantitative estimate of drug-likeness (QED) is 0.0465. The molecule has 1 saturated carbocycles. The summed E-state index contributed by atoms with van der Waals surface area (Å²) in [5.41, 5.74) is 3.41. The number of benzene rings is 2. The highest BCUT2D eigenvalue weighted by atomic mass is 19.3. The number of piperidine rings is 1. The third-order valence-corrected chi connectivity index (χ3v) is 11.3. The fourth-order valence-corrected chi connectivity index (χ4v) is 7.53. The standard InChI is InChI=1S/C46H49F2N9O9/c47-41(48)40-35(52-42(59)36-27-66-44(53-36)31-14-15-49-38(22-31)50-23-29-4-5-29)26-57(55-40)33-9-6-28(7-10-33)3-1-2-16-63-17-18-64-19-20-65-46(62)51-24-30-8-11-34-32(21-30)25-56(45(34)61)37-12-13-39(58)54-43(37)60/h6-11,14-15,21-22,26-27,29,37,41H,1-5,12-13,16-20,23-25H2,(H,49,50)(H,51,62)(H,52,59)(H,54,58,60). The van der Waals surface area contributed by atoms with E-state index in [0.717, 1.165) is 42.5 Å². The van der Waals surface area contributed by atoms with E-state index in [9.17, 15) is 32.8 Å². The number of hydrogen-bond donors (Lipinski definition) is 4. The maximum atomic E-state index is 14.0. The van der Waals surface area contributed by atoms with Crippen LogP contribution >= 0.6 is 0 Å². The molecule has 2 aliphatic heterocycles. The predicted octanol–water partition coefficient (Wildman–Crippen LogP) is 5.98. The molecule has 0 spiro atoms. The number of aromatic nitrogens is 4. The van der Waals surface area contributed by atoms with Crippen LogP contribution in [-0.2, 0) is 43.3 Å². The number of imide groups is 1. The summed E-state index contributed by atoms with van der Waals surface area (Å²) in [6.45, 7) is 2.73. The molecule has 66 heavy (non-hydrogen) atoms. The van der Waals surface area contributed by atoms with Crippen LogP contribution in [-0.4, -0.2) is 100.0 Å². The summed E-state index contributed by atoms with van der Waals surface area (Å²) in [7, 11) is 0. The second kappa shape index (κ2) is 21.3. The van der Waals surface area contributed by atoms with Crippen molar-refractivity contribution in [2.45, 2.75) is 70.5 Å². The van der Waals surface area contributed by atoms with Crippen LogP contribution in [0.3, 0.4) is 0 Å². The van der Waals surface area contributed by atoms with Gasteiger partial charge in [0.2, 0.25) is 17.7 Å². The van der Waals surface area contributed by atoms with E-state index in [-0.39, 0.29) is 68.2 Å². The maximum Gasteiger partial charge on any atom is 0.407 e. The van der Waals surface area contributed by atoms with Gasteiger partial charge >= 0.3 is 6.09 Å². The Hall–Kier alpha value is -7.06. The maximum absolute atomic E-state index is 14.0. The molecule has 18 nitrogen and oxygen atoms in total. The zero-order chi connectivity index (χ0) is 46.0. The number of amides is 5. The number of hydrogen-bond acceptors (Lipinski definition) is 13. The van der Waals surface area contributed by atoms with Crippen LogP contribution in [0.4, 0.5) is 25.1 Å². The monoisotopic (exact) mass is 909 g/mol. The van der Waals surface area contributed by atoms with Gasteiger partial charge in [0.25, 0.3) is 18.2 Å². The molecule has 1 unspecified atom stereocenters. The third-order valence-electron chi connectivity index (χ3n) is 11.3. The minimum Gasteiger partial charge on any atom is -0.447 e. The molecule has 5 heterocycles. The number of aryl methyl sites for hydroxylation is 1. The van der Waals surface area contributed by atoms with Gasteiger partial charge in [-0.3, -0.25) is 24.5 Å². The van der Waals surface area contributed by atoms with Crippen molar-refractivity contribution in [3.8, 4) is 17.1 Å². The largest absolute Gasteiger partial charge is 0.447 e. The van der Waals surface area contributed by atoms with Crippen molar-refractivity contribution in [2.75, 3.05) is 50.2 Å². The van der Waals surface area contributed by atoms with Crippen molar-refractivity contribution in [3.05, 3.63) is 107 Å². The molecule has 4 N–H and O–H groups in total. The summed E-state index contributed by atoms with van der Waals surface area (Å²) in [6.07, 6.45) is 5.86. The number of ether oxygens (including phenoxy) is 3. The van der Waals surface area contributed by atoms with Crippen LogP contribution in [0.25, 0.3) is 17.1 Å². The van der Waals surface area contributed by atoms with Gasteiger partial charge in [0.1, 0.15) is 24.7 Å². The second-order valence-corrected chi connectivity index (χ2v) is 16.1. The van der Waals surface area contributed by atoms with Crippen molar-refractivity contribution in [3.63, 3.8) is 0 Å². The van der Waals surface area contributed by atoms with Crippen LogP contribution in [0.5, 0.6) is 0 Å². The number of rotatable bonds is 22. The summed E-state index contributed by atoms with van der Waals surface area (Å²) in [4.78, 5) is 72.0. The lowest BCUT2D eigenvalue weighted by Crippen LogP contribution is -2.52. The zero-order valence-corrected chi connectivity index (χ0v) is 35.9. The smallest absolute Gasteiger partial charge is 0.407 e. The molecule has 20 heteroatoms. The summed E-state index contributed by atoms with van der Waals surface area (Å²) in [5, 5.41) is 14.8. The lowest BCUT2D eigenvalue weighted by molar-refractivity contribution is -0.136. The average molecular weight is 910 g/mol. The van der Waals surface area contributed by atoms with Crippen LogP contribution in [0.2, 0.25) is 0 Å². The molecule has 3 aliphatic rings. The second-order valence-electron chi connectivity index (χ2n) is 16.1. The van der Waals surface area contributed by atoms with E-state index < -0.39 is 36.1 Å². The molecule has 346 valence electrons. The molecule has 5 amide bonds. The van der Waals surface area contributed by atoms with Crippen LogP contribution in [0.1, 0.15) is 88.2 Å². The Morgan fingerprint density at radius 3 is 2.50 bits per heavy atom. The summed E-state index contributed by atoms with van der Waals surface area (Å²) in [6, 6.07) is 15.3. The fourth-order valence-electron chi connectivity index (χ4n) is 7.53. The van der Waals surface area contributed by atoms with Gasteiger partial charge in [-0.25, -0.2) is 28.2 Å². The van der Waals surface area contributed by atoms with Gasteiger partial charge in [0.15, 0.2) is 11.4 Å². The Kier molecular flexibility index (Phi) is 14.7. The van der Waals surface area contributed by atoms with Gasteiger partial charge in [0, 0.05) is 50.0 Å². The van der Waals surface area contributed by atoms with Gasteiger partial charge in [-0.2, -0.15) is 5.10 Å². The zero-order valence-electron chi connectivity index (χ0n) is 35.9. The fraction of sp³-hybridized carbons (Fsp3) is 0.391. The first-order valence-electron chi connectivity index (χ1n) is 21.8. The Balaban J connectivity index is 0.681. The van der Waals surface area contributed by atoms with Crippen molar-refractivity contribution < 1.29 is 51.4 Å². The van der Waals surface area contributed by atoms with E-state index in [1.54, 1.807) is 42.6 Å². The van der Waals surface area contributed by atoms with E-state index in [1.807, 2.05) is 18.2 Å². The number of alkyl carbamates (subject to hydrolysis) is 1. The molecule has 1 atom stereocenters. The number of anilines is 2. The SMILES string of the molecule is O=C1CCC(N2Cc3cc(CNC(=O)OCCOCCOCCCCc4ccc(-n5cc(NC(=O)c6coc(-c7ccnc(NCC8CC8)c7)n6)c(C(F)F)n5)cc4)ccc3C2=O)C(=O)N1. The van der Waals surface area contributed by atoms with Crippen molar-refractivity contribution in [2.24, 2.45) is 5.92 Å². The number of oxazole rings is 1. The van der Waals surface area contributed by atoms with Gasteiger partial charge in [-0.05, 0) is 91.5 Å². The van der Waals surface area contributed by atoms with Crippen LogP contribution in [0.15, 0.2) is 77.7 Å². The Morgan fingerprint density at radius 2 is 1.71 bits per heavy atom. The highest BCUT2D eigenvalue weighted by Gasteiger charge is 2.39. The average Bonchev–Trinajstić information content (AvgIpc) is 3.67. The summed E-state index contributed by atoms with van der Waals surface area (Å²) < 4.78 is 51.3. The molecular formula is C46H49F2N9O9. The molecule has 1 aliphatic carbocycles. The number of nitrogens with one attached hydrogen (secondary N) is 4. The predicted molar refractivity (Wildman–Crippen MR) is 233 cm³/mol. The topological polar surface area (TPSA) is 221 Å². The van der Waals surface area contributed by atoms with E-state index in [1.165, 1.54) is 34.9 Å². The first-order valence-corrected chi connectivity index (χ1v) is 21.8. The molecule has 0 bridgehead atoms. The van der Waals surface area contributed by atoms with E-state index in [4.69, 9.17) is 18.6 Å². The Morgan fingerprint density at radius 1 is 0.924 bits per heavy atom. The number of fused-ring (bicyclic) bond motifs is 1. The number of nitrogens with zero attached hydrogens (tertiary/aromatic N) is 5. The van der Waals surface area contributed by atoms with E-state index >= 15 is 0 Å². The number of carbonyl (C=O) groups excluding carboxylic acids is 5. The molecule has 3 aromatic heterocycles. The van der Waals surface area contributed by atoms with Gasteiger partial charge < -0.3 is 39.5 Å². The lowest BCUT2D eigenvalue weighted by atomic mass is 10.0. The highest BCUT2D eigenvalue weighted by molar-refractivity contribution is 6.05. The lowest BCUT2D eigenvalue weighted by Gasteiger charge is -2.29. The molecule has 2 aromatic carbocycles. The van der Waals surface area contributed by atoms with Crippen molar-refractivity contribution in [1.29, 1.82) is 0 Å². The Labute approximate surface area is 377 Å². The molecule has 1 saturated heterocycles. The van der Waals surface area contributed by atoms with E-state index in [2.05, 4.69) is 36.3 Å². The number of carbonyl (C=O) groups is 5. The van der Waals surface area contributed by atoms with Crippen molar-refractivity contribution in [1.82, 2.24) is 35.3 Å². The van der Waals surface area contributed by atoms with Gasteiger partial charge in [-0.15, -0.1) is 0 Å².